The van der Waals surface area contributed by atoms with Gasteiger partial charge in [0.2, 0.25) is 0 Å². The number of pyridine rings is 1. The van der Waals surface area contributed by atoms with Gasteiger partial charge in [-0.3, -0.25) is 4.79 Å². The number of amides is 1. The van der Waals surface area contributed by atoms with Gasteiger partial charge in [0.1, 0.15) is 5.69 Å². The van der Waals surface area contributed by atoms with Gasteiger partial charge in [-0.1, -0.05) is 0 Å². The average molecular weight is 334 g/mol. The topological polar surface area (TPSA) is 42.0 Å². The van der Waals surface area contributed by atoms with E-state index in [-0.39, 0.29) is 5.91 Å². The van der Waals surface area contributed by atoms with Gasteiger partial charge in [0.05, 0.1) is 4.47 Å². The van der Waals surface area contributed by atoms with Crippen molar-refractivity contribution in [2.45, 2.75) is 12.8 Å². The lowest BCUT2D eigenvalue weighted by atomic mass is 10.3. The van der Waals surface area contributed by atoms with Crippen molar-refractivity contribution in [1.29, 1.82) is 0 Å². The van der Waals surface area contributed by atoms with Crippen LogP contribution in [0.1, 0.15) is 23.3 Å². The molecule has 1 saturated carbocycles. The van der Waals surface area contributed by atoms with E-state index < -0.39 is 0 Å². The Morgan fingerprint density at radius 3 is 2.87 bits per heavy atom. The number of carbonyl (C=O) groups is 1. The first-order valence-electron chi connectivity index (χ1n) is 4.76. The van der Waals surface area contributed by atoms with E-state index >= 15 is 0 Å². The van der Waals surface area contributed by atoms with E-state index in [9.17, 15) is 4.79 Å². The molecule has 0 aromatic carbocycles. The summed E-state index contributed by atoms with van der Waals surface area (Å²) < 4.78 is 1.57. The Morgan fingerprint density at radius 1 is 1.53 bits per heavy atom. The zero-order chi connectivity index (χ0) is 10.8. The molecule has 1 amide bonds. The van der Waals surface area contributed by atoms with Gasteiger partial charge in [-0.15, -0.1) is 0 Å². The highest BCUT2D eigenvalue weighted by Gasteiger charge is 2.22. The van der Waals surface area contributed by atoms with Gasteiger partial charge in [-0.2, -0.15) is 0 Å². The van der Waals surface area contributed by atoms with Crippen LogP contribution in [-0.2, 0) is 0 Å². The third-order valence-corrected chi connectivity index (χ3v) is 3.31. The molecule has 2 rings (SSSR count). The standard InChI is InChI=1S/C10H10Br2N2O/c11-7-3-8(12)9(13-5-7)10(15)14-4-6-1-2-6/h3,5-6H,1-2,4H2,(H,14,15). The van der Waals surface area contributed by atoms with Crippen molar-refractivity contribution in [1.82, 2.24) is 10.3 Å². The molecule has 1 aliphatic carbocycles. The van der Waals surface area contributed by atoms with Crippen molar-refractivity contribution in [3.63, 3.8) is 0 Å². The highest BCUT2D eigenvalue weighted by Crippen LogP contribution is 2.27. The number of rotatable bonds is 3. The minimum absolute atomic E-state index is 0.110. The first-order valence-corrected chi connectivity index (χ1v) is 6.34. The lowest BCUT2D eigenvalue weighted by molar-refractivity contribution is 0.0946. The summed E-state index contributed by atoms with van der Waals surface area (Å²) in [4.78, 5) is 15.8. The molecule has 0 saturated heterocycles. The summed E-state index contributed by atoms with van der Waals surface area (Å²) in [6.45, 7) is 0.767. The number of hydrogen-bond acceptors (Lipinski definition) is 2. The van der Waals surface area contributed by atoms with E-state index in [1.165, 1.54) is 12.8 Å². The molecule has 1 aromatic heterocycles. The van der Waals surface area contributed by atoms with E-state index in [1.807, 2.05) is 6.07 Å². The quantitative estimate of drug-likeness (QED) is 0.924. The first-order chi connectivity index (χ1) is 7.16. The summed E-state index contributed by atoms with van der Waals surface area (Å²) in [5.41, 5.74) is 0.443. The van der Waals surface area contributed by atoms with E-state index in [4.69, 9.17) is 0 Å². The van der Waals surface area contributed by atoms with Crippen molar-refractivity contribution < 1.29 is 4.79 Å². The molecule has 1 fully saturated rings. The number of carbonyl (C=O) groups excluding carboxylic acids is 1. The highest BCUT2D eigenvalue weighted by molar-refractivity contribution is 9.11. The van der Waals surface area contributed by atoms with Crippen LogP contribution in [0.4, 0.5) is 0 Å². The number of hydrogen-bond donors (Lipinski definition) is 1. The third kappa shape index (κ3) is 3.01. The second-order valence-electron chi connectivity index (χ2n) is 3.64. The predicted octanol–water partition coefficient (Wildman–Crippen LogP) is 2.75. The zero-order valence-electron chi connectivity index (χ0n) is 7.96. The molecular formula is C10H10Br2N2O. The van der Waals surface area contributed by atoms with Gasteiger partial charge < -0.3 is 5.32 Å². The molecule has 3 nitrogen and oxygen atoms in total. The lowest BCUT2D eigenvalue weighted by Crippen LogP contribution is -2.26. The van der Waals surface area contributed by atoms with Gasteiger partial charge in [0.15, 0.2) is 0 Å². The normalized spacial score (nSPS) is 15.1. The predicted molar refractivity (Wildman–Crippen MR) is 64.7 cm³/mol. The van der Waals surface area contributed by atoms with Gasteiger partial charge >= 0.3 is 0 Å². The van der Waals surface area contributed by atoms with Crippen LogP contribution in [0.5, 0.6) is 0 Å². The minimum atomic E-state index is -0.110. The molecule has 1 aliphatic rings. The number of aromatic nitrogens is 1. The molecule has 1 N–H and O–H groups in total. The van der Waals surface area contributed by atoms with Crippen LogP contribution in [0.3, 0.4) is 0 Å². The Kier molecular flexibility index (Phi) is 3.41. The monoisotopic (exact) mass is 332 g/mol. The van der Waals surface area contributed by atoms with Gasteiger partial charge in [0.25, 0.3) is 5.91 Å². The molecule has 1 aromatic rings. The summed E-state index contributed by atoms with van der Waals surface area (Å²) in [5, 5.41) is 2.87. The third-order valence-electron chi connectivity index (χ3n) is 2.27. The van der Waals surface area contributed by atoms with Crippen LogP contribution < -0.4 is 5.32 Å². The van der Waals surface area contributed by atoms with Crippen molar-refractivity contribution in [2.24, 2.45) is 5.92 Å². The average Bonchev–Trinajstić information content (AvgIpc) is 2.97. The Bertz CT molecular complexity index is 391. The second kappa shape index (κ2) is 4.61. The Hall–Kier alpha value is -0.420. The molecule has 80 valence electrons. The number of halogens is 2. The van der Waals surface area contributed by atoms with Gasteiger partial charge in [-0.25, -0.2) is 4.98 Å². The summed E-state index contributed by atoms with van der Waals surface area (Å²) in [7, 11) is 0. The van der Waals surface area contributed by atoms with Crippen LogP contribution in [-0.4, -0.2) is 17.4 Å². The minimum Gasteiger partial charge on any atom is -0.350 e. The summed E-state index contributed by atoms with van der Waals surface area (Å²) in [5.74, 6) is 0.574. The Labute approximate surface area is 105 Å². The fourth-order valence-corrected chi connectivity index (χ4v) is 2.39. The van der Waals surface area contributed by atoms with Crippen LogP contribution >= 0.6 is 31.9 Å². The van der Waals surface area contributed by atoms with Gasteiger partial charge in [0, 0.05) is 17.2 Å². The van der Waals surface area contributed by atoms with Crippen molar-refractivity contribution >= 4 is 37.8 Å². The second-order valence-corrected chi connectivity index (χ2v) is 5.41. The van der Waals surface area contributed by atoms with E-state index in [2.05, 4.69) is 42.2 Å². The molecule has 1 heterocycles. The largest absolute Gasteiger partial charge is 0.350 e. The van der Waals surface area contributed by atoms with Crippen molar-refractivity contribution in [3.05, 3.63) is 26.9 Å². The Morgan fingerprint density at radius 2 is 2.27 bits per heavy atom. The Balaban J connectivity index is 2.03. The molecule has 0 radical (unpaired) electrons. The smallest absolute Gasteiger partial charge is 0.271 e. The summed E-state index contributed by atoms with van der Waals surface area (Å²) in [6, 6.07) is 1.82. The lowest BCUT2D eigenvalue weighted by Gasteiger charge is -2.05. The van der Waals surface area contributed by atoms with Gasteiger partial charge in [-0.05, 0) is 56.7 Å². The maximum Gasteiger partial charge on any atom is 0.271 e. The molecule has 0 atom stereocenters. The fourth-order valence-electron chi connectivity index (χ4n) is 1.22. The maximum atomic E-state index is 11.7. The molecule has 0 spiro atoms. The molecule has 0 aliphatic heterocycles. The van der Waals surface area contributed by atoms with Crippen LogP contribution in [0, 0.1) is 5.92 Å². The molecule has 5 heteroatoms. The maximum absolute atomic E-state index is 11.7. The van der Waals surface area contributed by atoms with Crippen molar-refractivity contribution in [2.75, 3.05) is 6.54 Å². The first kappa shape index (κ1) is 11.1. The molecular weight excluding hydrogens is 324 g/mol. The fraction of sp³-hybridized carbons (Fsp3) is 0.400. The van der Waals surface area contributed by atoms with E-state index in [0.717, 1.165) is 11.0 Å². The van der Waals surface area contributed by atoms with E-state index in [0.29, 0.717) is 16.1 Å². The summed E-state index contributed by atoms with van der Waals surface area (Å²) in [6.07, 6.45) is 4.08. The van der Waals surface area contributed by atoms with E-state index in [1.54, 1.807) is 6.20 Å². The molecule has 15 heavy (non-hydrogen) atoms. The SMILES string of the molecule is O=C(NCC1CC1)c1ncc(Br)cc1Br. The van der Waals surface area contributed by atoms with Crippen molar-refractivity contribution in [3.8, 4) is 0 Å². The number of nitrogens with zero attached hydrogens (tertiary/aromatic N) is 1. The van der Waals surface area contributed by atoms with Crippen LogP contribution in [0.2, 0.25) is 0 Å². The highest BCUT2D eigenvalue weighted by atomic mass is 79.9. The molecule has 0 unspecified atom stereocenters. The summed E-state index contributed by atoms with van der Waals surface area (Å²) >= 11 is 6.61. The van der Waals surface area contributed by atoms with Crippen LogP contribution in [0.25, 0.3) is 0 Å². The molecule has 0 bridgehead atoms. The zero-order valence-corrected chi connectivity index (χ0v) is 11.1. The van der Waals surface area contributed by atoms with Crippen LogP contribution in [0.15, 0.2) is 21.2 Å². The number of nitrogens with one attached hydrogen (secondary N) is 1.